The van der Waals surface area contributed by atoms with E-state index in [1.54, 1.807) is 6.08 Å². The van der Waals surface area contributed by atoms with Crippen molar-refractivity contribution >= 4 is 5.91 Å². The van der Waals surface area contributed by atoms with E-state index in [2.05, 4.69) is 24.4 Å². The summed E-state index contributed by atoms with van der Waals surface area (Å²) >= 11 is 0. The van der Waals surface area contributed by atoms with Gasteiger partial charge in [0.05, 0.1) is 25.4 Å². The molecule has 1 heterocycles. The van der Waals surface area contributed by atoms with E-state index >= 15 is 0 Å². The van der Waals surface area contributed by atoms with Gasteiger partial charge in [-0.25, -0.2) is 0 Å². The number of hydrogen-bond donors (Lipinski definition) is 6. The van der Waals surface area contributed by atoms with Crippen LogP contribution in [0.5, 0.6) is 0 Å². The highest BCUT2D eigenvalue weighted by Crippen LogP contribution is 2.22. The molecule has 1 amide bonds. The van der Waals surface area contributed by atoms with Crippen LogP contribution in [0, 0.1) is 0 Å². The smallest absolute Gasteiger partial charge is 0.217 e. The zero-order chi connectivity index (χ0) is 36.0. The van der Waals surface area contributed by atoms with E-state index in [4.69, 9.17) is 9.47 Å². The first-order chi connectivity index (χ1) is 23.8. The summed E-state index contributed by atoms with van der Waals surface area (Å²) in [5, 5.41) is 52.6. The van der Waals surface area contributed by atoms with E-state index < -0.39 is 49.5 Å². The van der Waals surface area contributed by atoms with Crippen LogP contribution >= 0.6 is 0 Å². The van der Waals surface area contributed by atoms with E-state index in [0.29, 0.717) is 0 Å². The van der Waals surface area contributed by atoms with Gasteiger partial charge in [-0.1, -0.05) is 160 Å². The van der Waals surface area contributed by atoms with Gasteiger partial charge < -0.3 is 40.3 Å². The summed E-state index contributed by atoms with van der Waals surface area (Å²) in [6, 6.07) is -0.819. The molecule has 0 aliphatic carbocycles. The molecule has 0 radical (unpaired) electrons. The molecule has 9 nitrogen and oxygen atoms in total. The molecule has 0 aromatic heterocycles. The van der Waals surface area contributed by atoms with Crippen molar-refractivity contribution in [1.29, 1.82) is 0 Å². The summed E-state index contributed by atoms with van der Waals surface area (Å²) in [5.41, 5.74) is 0. The van der Waals surface area contributed by atoms with Gasteiger partial charge in [-0.05, 0) is 25.7 Å². The Labute approximate surface area is 298 Å². The van der Waals surface area contributed by atoms with Gasteiger partial charge in [-0.3, -0.25) is 4.79 Å². The highest BCUT2D eigenvalue weighted by Gasteiger charge is 2.44. The van der Waals surface area contributed by atoms with Crippen LogP contribution in [0.1, 0.15) is 168 Å². The second-order valence-electron chi connectivity index (χ2n) is 14.2. The highest BCUT2D eigenvalue weighted by atomic mass is 16.7. The van der Waals surface area contributed by atoms with Gasteiger partial charge in [0.15, 0.2) is 6.29 Å². The highest BCUT2D eigenvalue weighted by molar-refractivity contribution is 5.73. The third-order valence-electron chi connectivity index (χ3n) is 9.56. The lowest BCUT2D eigenvalue weighted by Gasteiger charge is -2.40. The summed E-state index contributed by atoms with van der Waals surface area (Å²) in [6.45, 7) is 2.82. The lowest BCUT2D eigenvalue weighted by molar-refractivity contribution is -0.302. The van der Waals surface area contributed by atoms with Gasteiger partial charge in [0, 0.05) is 6.92 Å². The largest absolute Gasteiger partial charge is 0.394 e. The van der Waals surface area contributed by atoms with Crippen molar-refractivity contribution in [2.45, 2.75) is 211 Å². The molecule has 0 aromatic carbocycles. The van der Waals surface area contributed by atoms with E-state index in [0.717, 1.165) is 19.3 Å². The molecule has 1 saturated heterocycles. The van der Waals surface area contributed by atoms with Gasteiger partial charge in [0.2, 0.25) is 5.91 Å². The molecule has 0 saturated carbocycles. The van der Waals surface area contributed by atoms with Crippen LogP contribution in [-0.2, 0) is 14.3 Å². The Bertz CT molecular complexity index is 822. The van der Waals surface area contributed by atoms with E-state index in [-0.39, 0.29) is 12.5 Å². The monoisotopic (exact) mass is 698 g/mol. The van der Waals surface area contributed by atoms with Crippen LogP contribution < -0.4 is 5.32 Å². The van der Waals surface area contributed by atoms with Gasteiger partial charge in [-0.15, -0.1) is 0 Å². The second kappa shape index (κ2) is 31.4. The Kier molecular flexibility index (Phi) is 29.3. The molecule has 1 aliphatic heterocycles. The maximum absolute atomic E-state index is 11.7. The van der Waals surface area contributed by atoms with E-state index in [9.17, 15) is 30.3 Å². The lowest BCUT2D eigenvalue weighted by atomic mass is 9.99. The van der Waals surface area contributed by atoms with Gasteiger partial charge in [0.1, 0.15) is 24.4 Å². The molecule has 1 rings (SSSR count). The Balaban J connectivity index is 2.00. The van der Waals surface area contributed by atoms with Gasteiger partial charge >= 0.3 is 0 Å². The van der Waals surface area contributed by atoms with Crippen molar-refractivity contribution in [3.8, 4) is 0 Å². The first-order valence-corrected chi connectivity index (χ1v) is 20.0. The van der Waals surface area contributed by atoms with Crippen molar-refractivity contribution < 1.29 is 39.8 Å². The maximum atomic E-state index is 11.7. The number of carbonyl (C=O) groups is 1. The molecule has 7 atom stereocenters. The lowest BCUT2D eigenvalue weighted by Crippen LogP contribution is -2.60. The third-order valence-corrected chi connectivity index (χ3v) is 9.56. The standard InChI is InChI=1S/C40H75NO8/c1-3-4-5-6-7-8-9-10-11-12-13-14-15-16-17-18-19-20-21-22-23-24-25-26-27-28-29-30-35(44)34(41-33(2)43)32-48-40-39(47)38(46)37(45)36(31-42)49-40/h25-26,29-30,34-40,42,44-47H,3-24,27-28,31-32H2,1-2H3,(H,41,43)/b26-25+,30-29+. The van der Waals surface area contributed by atoms with E-state index in [1.165, 1.54) is 142 Å². The molecule has 6 N–H and O–H groups in total. The number of carbonyl (C=O) groups excluding carboxylic acids is 1. The molecule has 0 bridgehead atoms. The van der Waals surface area contributed by atoms with Crippen molar-refractivity contribution in [1.82, 2.24) is 5.32 Å². The third kappa shape index (κ3) is 23.7. The second-order valence-corrected chi connectivity index (χ2v) is 14.2. The van der Waals surface area contributed by atoms with Crippen LogP contribution in [0.3, 0.4) is 0 Å². The van der Waals surface area contributed by atoms with Crippen LogP contribution in [0.15, 0.2) is 24.3 Å². The van der Waals surface area contributed by atoms with Crippen molar-refractivity contribution in [3.05, 3.63) is 24.3 Å². The molecule has 7 unspecified atom stereocenters. The van der Waals surface area contributed by atoms with Gasteiger partial charge in [0.25, 0.3) is 0 Å². The Hall–Kier alpha value is -1.33. The van der Waals surface area contributed by atoms with Crippen LogP contribution in [0.2, 0.25) is 0 Å². The zero-order valence-electron chi connectivity index (χ0n) is 31.2. The molecular weight excluding hydrogens is 622 g/mol. The van der Waals surface area contributed by atoms with Crippen molar-refractivity contribution in [2.24, 2.45) is 0 Å². The predicted octanol–water partition coefficient (Wildman–Crippen LogP) is 7.16. The minimum absolute atomic E-state index is 0.215. The zero-order valence-corrected chi connectivity index (χ0v) is 31.2. The summed E-state index contributed by atoms with van der Waals surface area (Å²) < 4.78 is 10.9. The number of allylic oxidation sites excluding steroid dienone is 3. The fourth-order valence-corrected chi connectivity index (χ4v) is 6.38. The molecular formula is C40H75NO8. The number of aliphatic hydroxyl groups excluding tert-OH is 5. The number of ether oxygens (including phenoxy) is 2. The first-order valence-electron chi connectivity index (χ1n) is 20.0. The van der Waals surface area contributed by atoms with E-state index in [1.807, 2.05) is 6.08 Å². The predicted molar refractivity (Wildman–Crippen MR) is 198 cm³/mol. The fraction of sp³-hybridized carbons (Fsp3) is 0.875. The molecule has 1 fully saturated rings. The van der Waals surface area contributed by atoms with Crippen LogP contribution in [-0.4, -0.2) is 87.5 Å². The van der Waals surface area contributed by atoms with Gasteiger partial charge in [-0.2, -0.15) is 0 Å². The molecule has 0 aromatic rings. The number of rotatable bonds is 32. The average molecular weight is 698 g/mol. The minimum Gasteiger partial charge on any atom is -0.394 e. The fourth-order valence-electron chi connectivity index (χ4n) is 6.38. The van der Waals surface area contributed by atoms with Crippen LogP contribution in [0.25, 0.3) is 0 Å². The number of aliphatic hydroxyl groups is 5. The normalized spacial score (nSPS) is 22.6. The van der Waals surface area contributed by atoms with Crippen molar-refractivity contribution in [3.63, 3.8) is 0 Å². The average Bonchev–Trinajstić information content (AvgIpc) is 3.09. The number of unbranched alkanes of at least 4 members (excludes halogenated alkanes) is 22. The first kappa shape index (κ1) is 45.7. The Morgan fingerprint density at radius 2 is 1.12 bits per heavy atom. The molecule has 49 heavy (non-hydrogen) atoms. The Morgan fingerprint density at radius 3 is 1.59 bits per heavy atom. The molecule has 0 spiro atoms. The topological polar surface area (TPSA) is 149 Å². The number of hydrogen-bond acceptors (Lipinski definition) is 8. The number of nitrogens with one attached hydrogen (secondary N) is 1. The Morgan fingerprint density at radius 1 is 0.673 bits per heavy atom. The summed E-state index contributed by atoms with van der Waals surface area (Å²) in [7, 11) is 0. The summed E-state index contributed by atoms with van der Waals surface area (Å²) in [5.74, 6) is -0.363. The summed E-state index contributed by atoms with van der Waals surface area (Å²) in [4.78, 5) is 11.7. The van der Waals surface area contributed by atoms with Crippen LogP contribution in [0.4, 0.5) is 0 Å². The molecule has 288 valence electrons. The molecule has 9 heteroatoms. The molecule has 1 aliphatic rings. The quantitative estimate of drug-likeness (QED) is 0.0320. The maximum Gasteiger partial charge on any atom is 0.217 e. The SMILES string of the molecule is CCCCCCCCCCCCCCCCCCCCCCC/C=C/CC/C=C/C(O)C(COC1OC(CO)C(O)C(O)C1O)NC(C)=O. The van der Waals surface area contributed by atoms with Crippen molar-refractivity contribution in [2.75, 3.05) is 13.2 Å². The minimum atomic E-state index is -1.56. The summed E-state index contributed by atoms with van der Waals surface area (Å²) in [6.07, 6.45) is 31.8. The number of amides is 1.